The lowest BCUT2D eigenvalue weighted by Gasteiger charge is -2.15. The molecule has 3 heterocycles. The molecule has 3 aromatic rings. The highest BCUT2D eigenvalue weighted by atomic mass is 16.6. The van der Waals surface area contributed by atoms with Crippen LogP contribution in [0.5, 0.6) is 5.75 Å². The fourth-order valence-corrected chi connectivity index (χ4v) is 4.28. The number of ether oxygens (including phenoxy) is 1. The Morgan fingerprint density at radius 1 is 1.28 bits per heavy atom. The SMILES string of the molecule is CC(=O)NCC1CN(c2ccc3c(c2)CCCc2c(-c4ccncc4O)noc2-3)C(=O)O1. The van der Waals surface area contributed by atoms with E-state index in [-0.39, 0.29) is 24.3 Å². The lowest BCUT2D eigenvalue weighted by molar-refractivity contribution is -0.119. The number of carbonyl (C=O) groups excluding carboxylic acids is 2. The Morgan fingerprint density at radius 3 is 2.97 bits per heavy atom. The van der Waals surface area contributed by atoms with Crippen molar-refractivity contribution in [3.63, 3.8) is 0 Å². The quantitative estimate of drug-likeness (QED) is 0.648. The summed E-state index contributed by atoms with van der Waals surface area (Å²) in [5.74, 6) is 0.583. The smallest absolute Gasteiger partial charge is 0.414 e. The molecular formula is C23H22N4O5. The van der Waals surface area contributed by atoms with E-state index in [9.17, 15) is 14.7 Å². The largest absolute Gasteiger partial charge is 0.506 e. The fourth-order valence-electron chi connectivity index (χ4n) is 4.28. The number of rotatable bonds is 4. The third-order valence-electron chi connectivity index (χ3n) is 5.81. The zero-order valence-corrected chi connectivity index (χ0v) is 17.5. The van der Waals surface area contributed by atoms with Gasteiger partial charge >= 0.3 is 6.09 Å². The number of cyclic esters (lactones) is 1. The fraction of sp³-hybridized carbons (Fsp3) is 0.304. The maximum absolute atomic E-state index is 12.4. The van der Waals surface area contributed by atoms with Crippen molar-refractivity contribution in [2.24, 2.45) is 0 Å². The molecule has 2 amide bonds. The summed E-state index contributed by atoms with van der Waals surface area (Å²) < 4.78 is 11.1. The first kappa shape index (κ1) is 20.0. The summed E-state index contributed by atoms with van der Waals surface area (Å²) in [7, 11) is 0. The van der Waals surface area contributed by atoms with E-state index in [1.807, 2.05) is 18.2 Å². The standard InChI is InChI=1S/C23H22N4O5/c1-13(28)25-10-16-12-27(23(30)31-16)15-5-6-17-14(9-15)3-2-4-19-21(26-32-22(17)19)18-7-8-24-11-20(18)29/h5-9,11,16,29H,2-4,10,12H2,1H3,(H,25,28). The van der Waals surface area contributed by atoms with Crippen molar-refractivity contribution in [2.45, 2.75) is 32.3 Å². The predicted molar refractivity (Wildman–Crippen MR) is 115 cm³/mol. The number of pyridine rings is 1. The zero-order chi connectivity index (χ0) is 22.2. The highest BCUT2D eigenvalue weighted by Gasteiger charge is 2.33. The number of anilines is 1. The molecule has 5 rings (SSSR count). The molecule has 1 aliphatic carbocycles. The minimum Gasteiger partial charge on any atom is -0.506 e. The molecule has 0 saturated carbocycles. The molecule has 1 aromatic carbocycles. The molecule has 9 heteroatoms. The maximum atomic E-state index is 12.4. The van der Waals surface area contributed by atoms with Gasteiger partial charge < -0.3 is 19.7 Å². The van der Waals surface area contributed by atoms with Crippen LogP contribution >= 0.6 is 0 Å². The normalized spacial score (nSPS) is 17.3. The number of nitrogens with zero attached hydrogens (tertiary/aromatic N) is 3. The van der Waals surface area contributed by atoms with E-state index in [4.69, 9.17) is 9.26 Å². The van der Waals surface area contributed by atoms with E-state index in [2.05, 4.69) is 15.5 Å². The van der Waals surface area contributed by atoms with Crippen LogP contribution in [0.25, 0.3) is 22.6 Å². The van der Waals surface area contributed by atoms with Crippen molar-refractivity contribution in [1.82, 2.24) is 15.5 Å². The minimum absolute atomic E-state index is 0.0600. The molecule has 0 bridgehead atoms. The number of hydrogen-bond donors (Lipinski definition) is 2. The molecule has 0 radical (unpaired) electrons. The summed E-state index contributed by atoms with van der Waals surface area (Å²) in [6, 6.07) is 7.50. The van der Waals surface area contributed by atoms with Gasteiger partial charge in [0, 0.05) is 35.5 Å². The van der Waals surface area contributed by atoms with Crippen LogP contribution < -0.4 is 10.2 Å². The van der Waals surface area contributed by atoms with Gasteiger partial charge in [0.25, 0.3) is 0 Å². The minimum atomic E-state index is -0.426. The third kappa shape index (κ3) is 3.55. The van der Waals surface area contributed by atoms with Crippen molar-refractivity contribution < 1.29 is 24.0 Å². The van der Waals surface area contributed by atoms with Crippen LogP contribution in [-0.2, 0) is 22.4 Å². The van der Waals surface area contributed by atoms with Crippen molar-refractivity contribution in [3.05, 3.63) is 47.8 Å². The number of aryl methyl sites for hydroxylation is 1. The van der Waals surface area contributed by atoms with Gasteiger partial charge in [-0.1, -0.05) is 5.16 Å². The maximum Gasteiger partial charge on any atom is 0.414 e. The predicted octanol–water partition coefficient (Wildman–Crippen LogP) is 3.06. The third-order valence-corrected chi connectivity index (χ3v) is 5.81. The van der Waals surface area contributed by atoms with Crippen LogP contribution in [0.3, 0.4) is 0 Å². The van der Waals surface area contributed by atoms with E-state index >= 15 is 0 Å². The van der Waals surface area contributed by atoms with Gasteiger partial charge in [-0.05, 0) is 49.1 Å². The van der Waals surface area contributed by atoms with Gasteiger partial charge in [0.15, 0.2) is 5.76 Å². The highest BCUT2D eigenvalue weighted by molar-refractivity contribution is 5.91. The molecule has 1 unspecified atom stereocenters. The molecule has 164 valence electrons. The summed E-state index contributed by atoms with van der Waals surface area (Å²) >= 11 is 0. The second-order valence-electron chi connectivity index (χ2n) is 7.98. The summed E-state index contributed by atoms with van der Waals surface area (Å²) in [6.45, 7) is 2.09. The number of amides is 2. The monoisotopic (exact) mass is 434 g/mol. The van der Waals surface area contributed by atoms with E-state index < -0.39 is 6.09 Å². The second kappa shape index (κ2) is 7.99. The average molecular weight is 434 g/mol. The van der Waals surface area contributed by atoms with Gasteiger partial charge in [-0.25, -0.2) is 4.79 Å². The summed E-state index contributed by atoms with van der Waals surface area (Å²) in [6.07, 6.45) is 4.63. The van der Waals surface area contributed by atoms with Crippen molar-refractivity contribution >= 4 is 17.7 Å². The van der Waals surface area contributed by atoms with Gasteiger partial charge in [0.2, 0.25) is 5.91 Å². The lowest BCUT2D eigenvalue weighted by atomic mass is 10.00. The summed E-state index contributed by atoms with van der Waals surface area (Å²) in [4.78, 5) is 29.0. The molecule has 1 fully saturated rings. The van der Waals surface area contributed by atoms with Crippen molar-refractivity contribution in [2.75, 3.05) is 18.0 Å². The molecule has 2 N–H and O–H groups in total. The molecule has 2 aromatic heterocycles. The van der Waals surface area contributed by atoms with E-state index in [0.29, 0.717) is 23.6 Å². The number of aromatic hydroxyl groups is 1. The first-order valence-corrected chi connectivity index (χ1v) is 10.5. The van der Waals surface area contributed by atoms with Crippen LogP contribution in [0, 0.1) is 0 Å². The van der Waals surface area contributed by atoms with Crippen LogP contribution in [0.4, 0.5) is 10.5 Å². The van der Waals surface area contributed by atoms with E-state index in [1.165, 1.54) is 13.1 Å². The van der Waals surface area contributed by atoms with Crippen molar-refractivity contribution in [1.29, 1.82) is 0 Å². The first-order chi connectivity index (χ1) is 15.5. The number of nitrogens with one attached hydrogen (secondary N) is 1. The van der Waals surface area contributed by atoms with Gasteiger partial charge in [-0.15, -0.1) is 0 Å². The van der Waals surface area contributed by atoms with Gasteiger partial charge in [-0.2, -0.15) is 0 Å². The Kier molecular flexibility index (Phi) is 5.01. The lowest BCUT2D eigenvalue weighted by Crippen LogP contribution is -2.33. The summed E-state index contributed by atoms with van der Waals surface area (Å²) in [5.41, 5.74) is 4.90. The molecule has 0 spiro atoms. The topological polar surface area (TPSA) is 118 Å². The number of aromatic nitrogens is 2. The van der Waals surface area contributed by atoms with Crippen LogP contribution in [0.15, 0.2) is 41.2 Å². The van der Waals surface area contributed by atoms with Gasteiger partial charge in [0.05, 0.1) is 19.3 Å². The molecule has 9 nitrogen and oxygen atoms in total. The Balaban J connectivity index is 1.45. The molecule has 2 aliphatic rings. The van der Waals surface area contributed by atoms with E-state index in [1.54, 1.807) is 17.2 Å². The Morgan fingerprint density at radius 2 is 2.16 bits per heavy atom. The van der Waals surface area contributed by atoms with E-state index in [0.717, 1.165) is 41.6 Å². The molecule has 32 heavy (non-hydrogen) atoms. The Bertz CT molecular complexity index is 1200. The Labute approximate surface area is 184 Å². The molecule has 1 saturated heterocycles. The number of hydrogen-bond acceptors (Lipinski definition) is 7. The van der Waals surface area contributed by atoms with Gasteiger partial charge in [-0.3, -0.25) is 14.7 Å². The molecule has 1 atom stereocenters. The molecule has 1 aliphatic heterocycles. The number of carbonyl (C=O) groups is 2. The highest BCUT2D eigenvalue weighted by Crippen LogP contribution is 2.41. The number of fused-ring (bicyclic) bond motifs is 3. The van der Waals surface area contributed by atoms with Crippen LogP contribution in [0.1, 0.15) is 24.5 Å². The Hall–Kier alpha value is -3.88. The first-order valence-electron chi connectivity index (χ1n) is 10.5. The van der Waals surface area contributed by atoms with Gasteiger partial charge in [0.1, 0.15) is 17.5 Å². The zero-order valence-electron chi connectivity index (χ0n) is 17.5. The number of benzene rings is 1. The second-order valence-corrected chi connectivity index (χ2v) is 7.98. The molecular weight excluding hydrogens is 412 g/mol. The summed E-state index contributed by atoms with van der Waals surface area (Å²) in [5, 5.41) is 17.1. The van der Waals surface area contributed by atoms with Crippen LogP contribution in [-0.4, -0.2) is 46.4 Å². The average Bonchev–Trinajstić information content (AvgIpc) is 3.31. The van der Waals surface area contributed by atoms with Crippen LogP contribution in [0.2, 0.25) is 0 Å². The van der Waals surface area contributed by atoms with Crippen molar-refractivity contribution in [3.8, 4) is 28.3 Å².